The third-order valence-electron chi connectivity index (χ3n) is 3.67. The van der Waals surface area contributed by atoms with Crippen molar-refractivity contribution in [2.24, 2.45) is 5.92 Å². The number of aromatic nitrogens is 1. The van der Waals surface area contributed by atoms with Crippen LogP contribution in [0.4, 0.5) is 5.13 Å². The molecule has 1 saturated carbocycles. The first-order chi connectivity index (χ1) is 9.60. The standard InChI is InChI=1S/C15H24N2O2S/c1-11(2)9-17(13-6-4-5-7-13)15-16-12(10-20-15)8-14(18)19-3/h10-11,13H,4-9H2,1-3H3. The molecule has 1 fully saturated rings. The van der Waals surface area contributed by atoms with E-state index in [1.54, 1.807) is 11.3 Å². The summed E-state index contributed by atoms with van der Waals surface area (Å²) in [5.41, 5.74) is 0.823. The molecule has 0 aliphatic heterocycles. The smallest absolute Gasteiger partial charge is 0.311 e. The zero-order valence-electron chi connectivity index (χ0n) is 12.6. The van der Waals surface area contributed by atoms with Crippen LogP contribution in [0, 0.1) is 5.92 Å². The normalized spacial score (nSPS) is 15.8. The molecule has 1 aliphatic carbocycles. The van der Waals surface area contributed by atoms with Crippen LogP contribution in [-0.4, -0.2) is 30.6 Å². The van der Waals surface area contributed by atoms with E-state index in [1.165, 1.54) is 32.8 Å². The van der Waals surface area contributed by atoms with E-state index in [0.29, 0.717) is 12.0 Å². The van der Waals surface area contributed by atoms with Crippen LogP contribution < -0.4 is 4.90 Å². The molecule has 0 spiro atoms. The van der Waals surface area contributed by atoms with Gasteiger partial charge in [0.1, 0.15) is 0 Å². The Balaban J connectivity index is 2.09. The van der Waals surface area contributed by atoms with Gasteiger partial charge >= 0.3 is 5.97 Å². The van der Waals surface area contributed by atoms with E-state index in [-0.39, 0.29) is 12.4 Å². The number of methoxy groups -OCH3 is 1. The minimum Gasteiger partial charge on any atom is -0.469 e. The van der Waals surface area contributed by atoms with Crippen LogP contribution in [0.3, 0.4) is 0 Å². The van der Waals surface area contributed by atoms with Gasteiger partial charge < -0.3 is 9.64 Å². The fraction of sp³-hybridized carbons (Fsp3) is 0.733. The summed E-state index contributed by atoms with van der Waals surface area (Å²) in [6.45, 7) is 5.52. The molecule has 0 bridgehead atoms. The third kappa shape index (κ3) is 3.95. The van der Waals surface area contributed by atoms with Crippen LogP contribution in [0.15, 0.2) is 5.38 Å². The van der Waals surface area contributed by atoms with Gasteiger partial charge in [-0.05, 0) is 18.8 Å². The van der Waals surface area contributed by atoms with E-state index in [1.807, 2.05) is 5.38 Å². The lowest BCUT2D eigenvalue weighted by Gasteiger charge is -2.30. The molecule has 0 N–H and O–H groups in total. The molecule has 5 heteroatoms. The van der Waals surface area contributed by atoms with Crippen LogP contribution in [0.1, 0.15) is 45.2 Å². The second-order valence-electron chi connectivity index (χ2n) is 5.86. The third-order valence-corrected chi connectivity index (χ3v) is 4.59. The quantitative estimate of drug-likeness (QED) is 0.756. The highest BCUT2D eigenvalue weighted by Crippen LogP contribution is 2.31. The molecular formula is C15H24N2O2S. The van der Waals surface area contributed by atoms with Gasteiger partial charge in [0.25, 0.3) is 0 Å². The lowest BCUT2D eigenvalue weighted by atomic mass is 10.1. The highest BCUT2D eigenvalue weighted by molar-refractivity contribution is 7.13. The SMILES string of the molecule is COC(=O)Cc1csc(N(CC(C)C)C2CCCC2)n1. The molecule has 0 radical (unpaired) electrons. The van der Waals surface area contributed by atoms with Gasteiger partial charge in [-0.3, -0.25) is 4.79 Å². The van der Waals surface area contributed by atoms with Crippen molar-refractivity contribution in [2.75, 3.05) is 18.6 Å². The lowest BCUT2D eigenvalue weighted by Crippen LogP contribution is -2.36. The van der Waals surface area contributed by atoms with Crippen molar-refractivity contribution in [3.63, 3.8) is 0 Å². The molecule has 20 heavy (non-hydrogen) atoms. The summed E-state index contributed by atoms with van der Waals surface area (Å²) in [5.74, 6) is 0.390. The fourth-order valence-corrected chi connectivity index (χ4v) is 3.63. The summed E-state index contributed by atoms with van der Waals surface area (Å²) in [5, 5.41) is 3.04. The number of anilines is 1. The van der Waals surface area contributed by atoms with Crippen molar-refractivity contribution < 1.29 is 9.53 Å². The van der Waals surface area contributed by atoms with Crippen LogP contribution in [0.5, 0.6) is 0 Å². The number of ether oxygens (including phenoxy) is 1. The summed E-state index contributed by atoms with van der Waals surface area (Å²) in [4.78, 5) is 18.4. The molecule has 0 saturated heterocycles. The number of rotatable bonds is 6. The van der Waals surface area contributed by atoms with Gasteiger partial charge in [0, 0.05) is 18.0 Å². The lowest BCUT2D eigenvalue weighted by molar-refractivity contribution is -0.139. The molecule has 1 heterocycles. The first-order valence-corrected chi connectivity index (χ1v) is 8.26. The minimum atomic E-state index is -0.224. The molecule has 0 aromatic carbocycles. The Kier molecular flexibility index (Phi) is 5.40. The number of hydrogen-bond donors (Lipinski definition) is 0. The average Bonchev–Trinajstić information content (AvgIpc) is 3.07. The van der Waals surface area contributed by atoms with E-state index in [9.17, 15) is 4.79 Å². The van der Waals surface area contributed by atoms with E-state index in [0.717, 1.165) is 17.4 Å². The second kappa shape index (κ2) is 7.07. The zero-order chi connectivity index (χ0) is 14.5. The fourth-order valence-electron chi connectivity index (χ4n) is 2.72. The Morgan fingerprint density at radius 3 is 2.80 bits per heavy atom. The second-order valence-corrected chi connectivity index (χ2v) is 6.70. The monoisotopic (exact) mass is 296 g/mol. The summed E-state index contributed by atoms with van der Waals surface area (Å²) in [6, 6.07) is 0.620. The van der Waals surface area contributed by atoms with Crippen molar-refractivity contribution >= 4 is 22.4 Å². The Morgan fingerprint density at radius 2 is 2.20 bits per heavy atom. The Bertz CT molecular complexity index is 439. The van der Waals surface area contributed by atoms with Crippen LogP contribution >= 0.6 is 11.3 Å². The van der Waals surface area contributed by atoms with Gasteiger partial charge in [-0.15, -0.1) is 11.3 Å². The summed E-state index contributed by atoms with van der Waals surface area (Å²) >= 11 is 1.65. The predicted molar refractivity (Wildman–Crippen MR) is 82.3 cm³/mol. The Labute approximate surface area is 125 Å². The van der Waals surface area contributed by atoms with E-state index in [4.69, 9.17) is 4.74 Å². The van der Waals surface area contributed by atoms with Crippen molar-refractivity contribution in [1.82, 2.24) is 4.98 Å². The molecule has 4 nitrogen and oxygen atoms in total. The molecule has 0 atom stereocenters. The van der Waals surface area contributed by atoms with Gasteiger partial charge in [-0.2, -0.15) is 0 Å². The molecule has 0 unspecified atom stereocenters. The molecule has 2 rings (SSSR count). The molecule has 1 aliphatic rings. The summed E-state index contributed by atoms with van der Waals surface area (Å²) in [7, 11) is 1.42. The van der Waals surface area contributed by atoms with Crippen molar-refractivity contribution in [3.05, 3.63) is 11.1 Å². The van der Waals surface area contributed by atoms with Crippen molar-refractivity contribution in [2.45, 2.75) is 52.0 Å². The molecule has 1 aromatic heterocycles. The maximum Gasteiger partial charge on any atom is 0.311 e. The van der Waals surface area contributed by atoms with Crippen LogP contribution in [-0.2, 0) is 16.0 Å². The largest absolute Gasteiger partial charge is 0.469 e. The van der Waals surface area contributed by atoms with E-state index >= 15 is 0 Å². The first-order valence-electron chi connectivity index (χ1n) is 7.38. The van der Waals surface area contributed by atoms with E-state index < -0.39 is 0 Å². The van der Waals surface area contributed by atoms with Gasteiger partial charge in [0.05, 0.1) is 19.2 Å². The minimum absolute atomic E-state index is 0.224. The van der Waals surface area contributed by atoms with Crippen molar-refractivity contribution in [3.8, 4) is 0 Å². The number of hydrogen-bond acceptors (Lipinski definition) is 5. The van der Waals surface area contributed by atoms with Gasteiger partial charge in [-0.25, -0.2) is 4.98 Å². The zero-order valence-corrected chi connectivity index (χ0v) is 13.4. The Morgan fingerprint density at radius 1 is 1.50 bits per heavy atom. The Hall–Kier alpha value is -1.10. The van der Waals surface area contributed by atoms with Gasteiger partial charge in [0.2, 0.25) is 0 Å². The molecule has 1 aromatic rings. The van der Waals surface area contributed by atoms with E-state index in [2.05, 4.69) is 23.7 Å². The van der Waals surface area contributed by atoms with Crippen molar-refractivity contribution in [1.29, 1.82) is 0 Å². The predicted octanol–water partition coefficient (Wildman–Crippen LogP) is 3.26. The topological polar surface area (TPSA) is 42.4 Å². The maximum atomic E-state index is 11.3. The number of carbonyl (C=O) groups excluding carboxylic acids is 1. The first kappa shape index (κ1) is 15.3. The average molecular weight is 296 g/mol. The highest BCUT2D eigenvalue weighted by Gasteiger charge is 2.25. The van der Waals surface area contributed by atoms with Gasteiger partial charge in [0.15, 0.2) is 5.13 Å². The number of thiazole rings is 1. The van der Waals surface area contributed by atoms with Gasteiger partial charge in [-0.1, -0.05) is 26.7 Å². The number of esters is 1. The van der Waals surface area contributed by atoms with Crippen LogP contribution in [0.2, 0.25) is 0 Å². The molecule has 0 amide bonds. The summed E-state index contributed by atoms with van der Waals surface area (Å²) in [6.07, 6.45) is 5.43. The molecular weight excluding hydrogens is 272 g/mol. The number of carbonyl (C=O) groups is 1. The van der Waals surface area contributed by atoms with Crippen LogP contribution in [0.25, 0.3) is 0 Å². The maximum absolute atomic E-state index is 11.3. The summed E-state index contributed by atoms with van der Waals surface area (Å²) < 4.78 is 4.70. The molecule has 112 valence electrons. The number of nitrogens with zero attached hydrogens (tertiary/aromatic N) is 2. The highest BCUT2D eigenvalue weighted by atomic mass is 32.1.